The maximum Gasteiger partial charge on any atom is 0.247 e. The van der Waals surface area contributed by atoms with Crippen LogP contribution in [0.15, 0.2) is 67.5 Å². The molecule has 1 fully saturated rings. The van der Waals surface area contributed by atoms with Crippen molar-refractivity contribution in [3.63, 3.8) is 0 Å². The van der Waals surface area contributed by atoms with Gasteiger partial charge in [0.1, 0.15) is 5.75 Å². The Morgan fingerprint density at radius 2 is 1.95 bits per heavy atom. The smallest absolute Gasteiger partial charge is 0.247 e. The van der Waals surface area contributed by atoms with Gasteiger partial charge in [0.2, 0.25) is 11.9 Å². The van der Waals surface area contributed by atoms with Gasteiger partial charge in [-0.1, -0.05) is 38.6 Å². The molecule has 0 radical (unpaired) electrons. The topological polar surface area (TPSA) is 99.6 Å². The molecule has 1 saturated heterocycles. The van der Waals surface area contributed by atoms with Crippen LogP contribution in [0.2, 0.25) is 0 Å². The number of likely N-dealkylation sites (tertiary alicyclic amines) is 1. The molecule has 0 bridgehead atoms. The number of hydrogen-bond donors (Lipinski definition) is 3. The van der Waals surface area contributed by atoms with Crippen LogP contribution < -0.4 is 25.6 Å². The van der Waals surface area contributed by atoms with Crippen LogP contribution in [0, 0.1) is 0 Å². The van der Waals surface area contributed by atoms with Gasteiger partial charge in [-0.2, -0.15) is 0 Å². The van der Waals surface area contributed by atoms with E-state index in [1.54, 1.807) is 13.3 Å². The van der Waals surface area contributed by atoms with Crippen molar-refractivity contribution in [2.75, 3.05) is 55.9 Å². The van der Waals surface area contributed by atoms with E-state index in [2.05, 4.69) is 74.1 Å². The van der Waals surface area contributed by atoms with E-state index < -0.39 is 0 Å². The number of nitrogens with zero attached hydrogens (tertiary/aromatic N) is 5. The number of benzene rings is 2. The molecule has 2 aromatic carbocycles. The van der Waals surface area contributed by atoms with Crippen LogP contribution in [0.1, 0.15) is 26.7 Å². The summed E-state index contributed by atoms with van der Waals surface area (Å²) in [6, 6.07) is 15.1. The molecule has 3 N–H and O–H groups in total. The van der Waals surface area contributed by atoms with E-state index in [1.807, 2.05) is 44.4 Å². The highest BCUT2D eigenvalue weighted by molar-refractivity contribution is 6.02. The Bertz CT molecular complexity index is 1610. The third-order valence-corrected chi connectivity index (χ3v) is 8.16. The van der Waals surface area contributed by atoms with Crippen LogP contribution in [0.4, 0.5) is 23.0 Å². The van der Waals surface area contributed by atoms with Gasteiger partial charge in [0.05, 0.1) is 29.9 Å². The number of methoxy groups -OCH3 is 1. The van der Waals surface area contributed by atoms with E-state index in [0.717, 1.165) is 66.9 Å². The minimum Gasteiger partial charge on any atom is -0.494 e. The highest BCUT2D eigenvalue weighted by atomic mass is 16.5. The van der Waals surface area contributed by atoms with Crippen molar-refractivity contribution < 1.29 is 9.53 Å². The third kappa shape index (κ3) is 7.20. The Hall–Kier alpha value is -4.41. The maximum absolute atomic E-state index is 12.5. The summed E-state index contributed by atoms with van der Waals surface area (Å²) >= 11 is 0. The molecule has 0 spiro atoms. The van der Waals surface area contributed by atoms with Gasteiger partial charge >= 0.3 is 0 Å². The van der Waals surface area contributed by atoms with Gasteiger partial charge in [-0.15, -0.1) is 0 Å². The SMILES string of the molecule is C=CC(=O)Nc1cc(Nc2nccc(-c3cn(C)c4ccccc34)n2)c(OC)cc1N(C)CCN1CCC(NC(C)C)CC1. The third-order valence-electron chi connectivity index (χ3n) is 8.16. The molecule has 4 aromatic rings. The predicted octanol–water partition coefficient (Wildman–Crippen LogP) is 5.41. The lowest BCUT2D eigenvalue weighted by Crippen LogP contribution is -2.46. The van der Waals surface area contributed by atoms with E-state index in [-0.39, 0.29) is 5.91 Å². The summed E-state index contributed by atoms with van der Waals surface area (Å²) in [6.07, 6.45) is 7.40. The number of fused-ring (bicyclic) bond motifs is 1. The highest BCUT2D eigenvalue weighted by Gasteiger charge is 2.21. The number of aryl methyl sites for hydroxylation is 1. The number of anilines is 4. The Kier molecular flexibility index (Phi) is 9.82. The average molecular weight is 597 g/mol. The lowest BCUT2D eigenvalue weighted by Gasteiger charge is -2.34. The molecule has 10 heteroatoms. The Labute approximate surface area is 260 Å². The quantitative estimate of drug-likeness (QED) is 0.187. The van der Waals surface area contributed by atoms with E-state index in [4.69, 9.17) is 9.72 Å². The standard InChI is InChI=1S/C34H44N8O2/c1-7-33(43)37-28-20-29(39-34-35-15-12-27(38-34)26-22-41(5)30-11-9-8-10-25(26)30)32(44-6)21-31(28)40(4)18-19-42-16-13-24(14-17-42)36-23(2)3/h7-12,15,20-24,36H,1,13-14,16-19H2,2-6H3,(H,37,43)(H,35,38,39). The zero-order valence-electron chi connectivity index (χ0n) is 26.4. The van der Waals surface area contributed by atoms with Gasteiger partial charge in [0.15, 0.2) is 0 Å². The summed E-state index contributed by atoms with van der Waals surface area (Å²) in [6.45, 7) is 11.9. The normalized spacial score (nSPS) is 14.1. The molecule has 0 saturated carbocycles. The molecule has 0 atom stereocenters. The van der Waals surface area contributed by atoms with Crippen LogP contribution in [-0.2, 0) is 11.8 Å². The van der Waals surface area contributed by atoms with E-state index >= 15 is 0 Å². The number of carbonyl (C=O) groups is 1. The fraction of sp³-hybridized carbons (Fsp3) is 0.382. The second-order valence-corrected chi connectivity index (χ2v) is 11.7. The molecule has 0 aliphatic carbocycles. The van der Waals surface area contributed by atoms with E-state index in [0.29, 0.717) is 35.2 Å². The van der Waals surface area contributed by atoms with Crippen LogP contribution in [0.25, 0.3) is 22.2 Å². The van der Waals surface area contributed by atoms with Crippen LogP contribution in [0.5, 0.6) is 5.75 Å². The molecule has 44 heavy (non-hydrogen) atoms. The Balaban J connectivity index is 1.36. The molecule has 2 aromatic heterocycles. The number of carbonyl (C=O) groups excluding carboxylic acids is 1. The summed E-state index contributed by atoms with van der Waals surface area (Å²) in [5, 5.41) is 11.1. The maximum atomic E-state index is 12.5. The first kappa shape index (κ1) is 31.0. The van der Waals surface area contributed by atoms with E-state index in [1.165, 1.54) is 6.08 Å². The summed E-state index contributed by atoms with van der Waals surface area (Å²) in [7, 11) is 5.70. The minimum atomic E-state index is -0.287. The summed E-state index contributed by atoms with van der Waals surface area (Å²) in [5.41, 5.74) is 5.09. The molecule has 1 aliphatic rings. The molecule has 0 unspecified atom stereocenters. The summed E-state index contributed by atoms with van der Waals surface area (Å²) in [4.78, 5) is 26.4. The first-order chi connectivity index (χ1) is 21.2. The Morgan fingerprint density at radius 3 is 2.68 bits per heavy atom. The average Bonchev–Trinajstić information content (AvgIpc) is 3.37. The largest absolute Gasteiger partial charge is 0.494 e. The number of rotatable bonds is 12. The fourth-order valence-corrected chi connectivity index (χ4v) is 5.88. The highest BCUT2D eigenvalue weighted by Crippen LogP contribution is 2.38. The van der Waals surface area contributed by atoms with E-state index in [9.17, 15) is 4.79 Å². The van der Waals surface area contributed by atoms with Gasteiger partial charge < -0.3 is 35.1 Å². The number of piperidine rings is 1. The van der Waals surface area contributed by atoms with Crippen LogP contribution in [0.3, 0.4) is 0 Å². The minimum absolute atomic E-state index is 0.287. The molecule has 232 valence electrons. The van der Waals surface area contributed by atoms with Crippen molar-refractivity contribution in [1.82, 2.24) is 24.8 Å². The fourth-order valence-electron chi connectivity index (χ4n) is 5.88. The monoisotopic (exact) mass is 596 g/mol. The van der Waals surface area contributed by atoms with Gasteiger partial charge in [0, 0.05) is 74.2 Å². The molecule has 3 heterocycles. The van der Waals surface area contributed by atoms with Gasteiger partial charge in [-0.25, -0.2) is 9.97 Å². The zero-order valence-corrected chi connectivity index (χ0v) is 26.4. The number of hydrogen-bond acceptors (Lipinski definition) is 8. The number of nitrogens with one attached hydrogen (secondary N) is 3. The second kappa shape index (κ2) is 13.9. The molecule has 5 rings (SSSR count). The van der Waals surface area contributed by atoms with Gasteiger partial charge in [0.25, 0.3) is 0 Å². The number of amides is 1. The molecular weight excluding hydrogens is 552 g/mol. The van der Waals surface area contributed by atoms with Crippen molar-refractivity contribution in [2.45, 2.75) is 38.8 Å². The lowest BCUT2D eigenvalue weighted by atomic mass is 10.0. The first-order valence-electron chi connectivity index (χ1n) is 15.2. The zero-order chi connectivity index (χ0) is 31.2. The summed E-state index contributed by atoms with van der Waals surface area (Å²) in [5.74, 6) is 0.749. The van der Waals surface area contributed by atoms with Gasteiger partial charge in [-0.3, -0.25) is 4.79 Å². The number of likely N-dealkylation sites (N-methyl/N-ethyl adjacent to an activating group) is 1. The van der Waals surface area contributed by atoms with Crippen LogP contribution in [-0.4, -0.2) is 77.8 Å². The molecule has 1 aliphatic heterocycles. The molecule has 1 amide bonds. The molecule has 10 nitrogen and oxygen atoms in total. The van der Waals surface area contributed by atoms with Crippen molar-refractivity contribution in [1.29, 1.82) is 0 Å². The second-order valence-electron chi connectivity index (χ2n) is 11.7. The number of para-hydroxylation sites is 1. The number of aromatic nitrogens is 3. The molecular formula is C34H44N8O2. The van der Waals surface area contributed by atoms with Crippen LogP contribution >= 0.6 is 0 Å². The summed E-state index contributed by atoms with van der Waals surface area (Å²) < 4.78 is 7.91. The lowest BCUT2D eigenvalue weighted by molar-refractivity contribution is -0.111. The Morgan fingerprint density at radius 1 is 1.18 bits per heavy atom. The van der Waals surface area contributed by atoms with Crippen molar-refractivity contribution in [2.24, 2.45) is 7.05 Å². The van der Waals surface area contributed by atoms with Crippen molar-refractivity contribution >= 4 is 39.8 Å². The van der Waals surface area contributed by atoms with Gasteiger partial charge in [-0.05, 0) is 50.2 Å². The number of ether oxygens (including phenoxy) is 1. The predicted molar refractivity (Wildman–Crippen MR) is 180 cm³/mol. The van der Waals surface area contributed by atoms with Crippen molar-refractivity contribution in [3.8, 4) is 17.0 Å². The van der Waals surface area contributed by atoms with Crippen molar-refractivity contribution in [3.05, 3.63) is 67.5 Å². The first-order valence-corrected chi connectivity index (χ1v) is 15.2.